The van der Waals surface area contributed by atoms with E-state index in [1.807, 2.05) is 11.5 Å². The fourth-order valence-electron chi connectivity index (χ4n) is 4.10. The Bertz CT molecular complexity index is 1130. The van der Waals surface area contributed by atoms with Gasteiger partial charge in [-0.05, 0) is 31.9 Å². The lowest BCUT2D eigenvalue weighted by Crippen LogP contribution is -2.27. The molecule has 4 rings (SSSR count). The summed E-state index contributed by atoms with van der Waals surface area (Å²) in [5.41, 5.74) is 2.52. The highest BCUT2D eigenvalue weighted by Gasteiger charge is 2.20. The van der Waals surface area contributed by atoms with Gasteiger partial charge in [0, 0.05) is 30.7 Å². The van der Waals surface area contributed by atoms with Gasteiger partial charge >= 0.3 is 5.97 Å². The molecule has 8 nitrogen and oxygen atoms in total. The van der Waals surface area contributed by atoms with Crippen LogP contribution in [-0.4, -0.2) is 32.2 Å². The Hall–Kier alpha value is -3.16. The van der Waals surface area contributed by atoms with Crippen molar-refractivity contribution < 1.29 is 9.53 Å². The molecule has 3 aromatic rings. The van der Waals surface area contributed by atoms with Gasteiger partial charge in [0.15, 0.2) is 0 Å². The van der Waals surface area contributed by atoms with E-state index < -0.39 is 5.97 Å². The normalized spacial score (nSPS) is 14.9. The van der Waals surface area contributed by atoms with Gasteiger partial charge in [0.05, 0.1) is 18.5 Å². The number of carbonyl (C=O) groups is 1. The minimum atomic E-state index is -0.415. The third-order valence-electron chi connectivity index (χ3n) is 5.57. The molecule has 1 N–H and O–H groups in total. The Labute approximate surface area is 168 Å². The first-order valence-corrected chi connectivity index (χ1v) is 9.89. The van der Waals surface area contributed by atoms with Crippen LogP contribution in [0.2, 0.25) is 0 Å². The second kappa shape index (κ2) is 7.69. The van der Waals surface area contributed by atoms with Gasteiger partial charge in [-0.2, -0.15) is 4.98 Å². The molecule has 1 aliphatic rings. The maximum Gasteiger partial charge on any atom is 0.354 e. The van der Waals surface area contributed by atoms with Crippen molar-refractivity contribution in [2.24, 2.45) is 7.05 Å². The van der Waals surface area contributed by atoms with Crippen molar-refractivity contribution >= 4 is 28.6 Å². The number of methoxy groups -OCH3 is 1. The molecule has 0 spiro atoms. The molecule has 0 unspecified atom stereocenters. The monoisotopic (exact) mass is 395 g/mol. The highest BCUT2D eigenvalue weighted by Crippen LogP contribution is 2.30. The fraction of sp³-hybridized carbons (Fsp3) is 0.429. The van der Waals surface area contributed by atoms with Crippen molar-refractivity contribution in [1.29, 1.82) is 0 Å². The molecule has 3 heterocycles. The maximum atomic E-state index is 12.7. The summed E-state index contributed by atoms with van der Waals surface area (Å²) < 4.78 is 8.31. The number of nitrogens with one attached hydrogen (secondary N) is 1. The lowest BCUT2D eigenvalue weighted by atomic mass is 9.95. The van der Waals surface area contributed by atoms with Crippen molar-refractivity contribution in [2.75, 3.05) is 12.4 Å². The Morgan fingerprint density at radius 3 is 2.69 bits per heavy atom. The lowest BCUT2D eigenvalue weighted by Gasteiger charge is -2.25. The summed E-state index contributed by atoms with van der Waals surface area (Å²) in [7, 11) is 3.12. The zero-order valence-electron chi connectivity index (χ0n) is 16.9. The third kappa shape index (κ3) is 3.62. The predicted octanol–water partition coefficient (Wildman–Crippen LogP) is 3.47. The van der Waals surface area contributed by atoms with Crippen molar-refractivity contribution in [2.45, 2.75) is 45.1 Å². The van der Waals surface area contributed by atoms with Crippen LogP contribution in [0.5, 0.6) is 0 Å². The van der Waals surface area contributed by atoms with E-state index in [1.54, 1.807) is 36.0 Å². The SMILES string of the molecule is COC(=O)c1cc(Nc2nc(C)c3ccc(=O)n(C4CCCCC4)c3n2)cn1C. The highest BCUT2D eigenvalue weighted by molar-refractivity contribution is 5.89. The molecule has 0 amide bonds. The molecule has 0 aliphatic heterocycles. The predicted molar refractivity (Wildman–Crippen MR) is 111 cm³/mol. The van der Waals surface area contributed by atoms with E-state index in [0.717, 1.165) is 36.8 Å². The van der Waals surface area contributed by atoms with E-state index in [1.165, 1.54) is 13.5 Å². The first-order chi connectivity index (χ1) is 14.0. The number of aromatic nitrogens is 4. The largest absolute Gasteiger partial charge is 0.464 e. The number of pyridine rings is 1. The van der Waals surface area contributed by atoms with E-state index in [0.29, 0.717) is 23.0 Å². The van der Waals surface area contributed by atoms with Crippen LogP contribution in [-0.2, 0) is 11.8 Å². The van der Waals surface area contributed by atoms with E-state index in [4.69, 9.17) is 4.74 Å². The van der Waals surface area contributed by atoms with Crippen LogP contribution in [0, 0.1) is 6.92 Å². The molecule has 8 heteroatoms. The summed E-state index contributed by atoms with van der Waals surface area (Å²) >= 11 is 0. The number of esters is 1. The van der Waals surface area contributed by atoms with Crippen molar-refractivity contribution in [3.8, 4) is 0 Å². The first kappa shape index (κ1) is 19.2. The van der Waals surface area contributed by atoms with Crippen LogP contribution >= 0.6 is 0 Å². The first-order valence-electron chi connectivity index (χ1n) is 9.89. The number of hydrogen-bond donors (Lipinski definition) is 1. The molecule has 1 saturated carbocycles. The summed E-state index contributed by atoms with van der Waals surface area (Å²) in [6.07, 6.45) is 7.23. The topological polar surface area (TPSA) is 91.0 Å². The molecular formula is C21H25N5O3. The van der Waals surface area contributed by atoms with Gasteiger partial charge in [-0.1, -0.05) is 19.3 Å². The molecule has 0 saturated heterocycles. The second-order valence-electron chi connectivity index (χ2n) is 7.54. The molecule has 1 aliphatic carbocycles. The second-order valence-corrected chi connectivity index (χ2v) is 7.54. The van der Waals surface area contributed by atoms with Crippen LogP contribution in [0.15, 0.2) is 29.2 Å². The van der Waals surface area contributed by atoms with Gasteiger partial charge in [-0.25, -0.2) is 9.78 Å². The number of aryl methyl sites for hydroxylation is 2. The molecule has 0 radical (unpaired) electrons. The Balaban J connectivity index is 1.76. The average Bonchev–Trinajstić information content (AvgIpc) is 3.07. The molecule has 29 heavy (non-hydrogen) atoms. The highest BCUT2D eigenvalue weighted by atomic mass is 16.5. The molecule has 0 aromatic carbocycles. The van der Waals surface area contributed by atoms with Crippen molar-refractivity contribution in [3.63, 3.8) is 0 Å². The van der Waals surface area contributed by atoms with Crippen LogP contribution in [0.25, 0.3) is 11.0 Å². The van der Waals surface area contributed by atoms with Crippen LogP contribution in [0.4, 0.5) is 11.6 Å². The van der Waals surface area contributed by atoms with Crippen LogP contribution in [0.3, 0.4) is 0 Å². The third-order valence-corrected chi connectivity index (χ3v) is 5.57. The van der Waals surface area contributed by atoms with E-state index in [9.17, 15) is 9.59 Å². The standard InChI is InChI=1S/C21H25N5O3/c1-13-16-9-10-18(27)26(15-7-5-4-6-8-15)19(16)24-21(22-13)23-14-11-17(20(28)29-3)25(2)12-14/h9-12,15H,4-8H2,1-3H3,(H,22,23,24). The number of carbonyl (C=O) groups excluding carboxylic acids is 1. The fourth-order valence-corrected chi connectivity index (χ4v) is 4.10. The van der Waals surface area contributed by atoms with Gasteiger partial charge in [0.1, 0.15) is 11.3 Å². The van der Waals surface area contributed by atoms with Gasteiger partial charge < -0.3 is 14.6 Å². The van der Waals surface area contributed by atoms with Gasteiger partial charge in [-0.3, -0.25) is 9.36 Å². The Morgan fingerprint density at radius 2 is 1.97 bits per heavy atom. The number of ether oxygens (including phenoxy) is 1. The van der Waals surface area contributed by atoms with Crippen LogP contribution < -0.4 is 10.9 Å². The van der Waals surface area contributed by atoms with Crippen molar-refractivity contribution in [3.05, 3.63) is 46.1 Å². The van der Waals surface area contributed by atoms with E-state index >= 15 is 0 Å². The molecule has 152 valence electrons. The summed E-state index contributed by atoms with van der Waals surface area (Å²) in [5.74, 6) is -0.0190. The zero-order chi connectivity index (χ0) is 20.5. The number of anilines is 2. The zero-order valence-corrected chi connectivity index (χ0v) is 16.9. The Kier molecular flexibility index (Phi) is 5.08. The summed E-state index contributed by atoms with van der Waals surface area (Å²) in [6.45, 7) is 1.91. The molecular weight excluding hydrogens is 370 g/mol. The number of fused-ring (bicyclic) bond motifs is 1. The number of nitrogens with zero attached hydrogens (tertiary/aromatic N) is 4. The minimum absolute atomic E-state index is 0.0267. The quantitative estimate of drug-likeness (QED) is 0.680. The maximum absolute atomic E-state index is 12.7. The Morgan fingerprint density at radius 1 is 1.21 bits per heavy atom. The average molecular weight is 395 g/mol. The van der Waals surface area contributed by atoms with Gasteiger partial charge in [-0.15, -0.1) is 0 Å². The molecule has 3 aromatic heterocycles. The van der Waals surface area contributed by atoms with Gasteiger partial charge in [0.25, 0.3) is 5.56 Å². The minimum Gasteiger partial charge on any atom is -0.464 e. The lowest BCUT2D eigenvalue weighted by molar-refractivity contribution is 0.0590. The smallest absolute Gasteiger partial charge is 0.354 e. The molecule has 0 bridgehead atoms. The van der Waals surface area contributed by atoms with Crippen LogP contribution in [0.1, 0.15) is 54.3 Å². The molecule has 1 fully saturated rings. The summed E-state index contributed by atoms with van der Waals surface area (Å²) in [6, 6.07) is 5.27. The summed E-state index contributed by atoms with van der Waals surface area (Å²) in [5, 5.41) is 4.04. The van der Waals surface area contributed by atoms with Crippen molar-refractivity contribution in [1.82, 2.24) is 19.1 Å². The summed E-state index contributed by atoms with van der Waals surface area (Å²) in [4.78, 5) is 33.8. The van der Waals surface area contributed by atoms with E-state index in [-0.39, 0.29) is 11.6 Å². The number of rotatable bonds is 4. The van der Waals surface area contributed by atoms with E-state index in [2.05, 4.69) is 15.3 Å². The molecule has 0 atom stereocenters. The number of hydrogen-bond acceptors (Lipinski definition) is 6. The van der Waals surface area contributed by atoms with Gasteiger partial charge in [0.2, 0.25) is 5.95 Å².